The van der Waals surface area contributed by atoms with Gasteiger partial charge in [0.25, 0.3) is 0 Å². The van der Waals surface area contributed by atoms with Crippen LogP contribution in [0.15, 0.2) is 36.4 Å². The largest absolute Gasteiger partial charge is 0.478 e. The molecule has 0 aromatic heterocycles. The Bertz CT molecular complexity index is 578. The van der Waals surface area contributed by atoms with Crippen molar-refractivity contribution in [2.75, 3.05) is 26.2 Å². The summed E-state index contributed by atoms with van der Waals surface area (Å²) in [6.45, 7) is 4.79. The smallest absolute Gasteiger partial charge is 0.328 e. The van der Waals surface area contributed by atoms with Crippen LogP contribution in [0.4, 0.5) is 0 Å². The van der Waals surface area contributed by atoms with Gasteiger partial charge in [-0.3, -0.25) is 4.90 Å². The van der Waals surface area contributed by atoms with Gasteiger partial charge in [0.1, 0.15) is 0 Å². The zero-order chi connectivity index (χ0) is 17.4. The Labute approximate surface area is 141 Å². The van der Waals surface area contributed by atoms with Gasteiger partial charge in [-0.15, -0.1) is 0 Å². The first-order chi connectivity index (χ1) is 11.6. The minimum atomic E-state index is -1.26. The maximum absolute atomic E-state index is 9.55. The van der Waals surface area contributed by atoms with Gasteiger partial charge < -0.3 is 15.5 Å². The van der Waals surface area contributed by atoms with Crippen molar-refractivity contribution >= 4 is 11.9 Å². The summed E-state index contributed by atoms with van der Waals surface area (Å²) in [5, 5.41) is 19.1. The van der Waals surface area contributed by atoms with Gasteiger partial charge in [-0.25, -0.2) is 9.59 Å². The van der Waals surface area contributed by atoms with Crippen LogP contribution < -0.4 is 5.32 Å². The Kier molecular flexibility index (Phi) is 6.96. The van der Waals surface area contributed by atoms with Crippen molar-refractivity contribution in [1.82, 2.24) is 10.2 Å². The van der Waals surface area contributed by atoms with Crippen LogP contribution in [0.25, 0.3) is 0 Å². The summed E-state index contributed by atoms with van der Waals surface area (Å²) < 4.78 is 0. The fourth-order valence-corrected chi connectivity index (χ4v) is 3.18. The first kappa shape index (κ1) is 18.2. The number of benzene rings is 1. The van der Waals surface area contributed by atoms with E-state index in [1.165, 1.54) is 32.4 Å². The fourth-order valence-electron chi connectivity index (χ4n) is 3.18. The molecular weight excluding hydrogens is 308 g/mol. The van der Waals surface area contributed by atoms with Gasteiger partial charge in [0.05, 0.1) is 0 Å². The Morgan fingerprint density at radius 1 is 1.04 bits per heavy atom. The van der Waals surface area contributed by atoms with Crippen LogP contribution >= 0.6 is 0 Å². The highest BCUT2D eigenvalue weighted by Gasteiger charge is 2.24. The molecule has 1 heterocycles. The molecule has 0 spiro atoms. The molecule has 1 fully saturated rings. The van der Waals surface area contributed by atoms with Gasteiger partial charge in [0.2, 0.25) is 0 Å². The number of carboxylic acids is 2. The molecule has 6 nitrogen and oxygen atoms in total. The number of carbonyl (C=O) groups is 2. The molecule has 0 amide bonds. The molecule has 1 aliphatic carbocycles. The number of piperazine rings is 1. The van der Waals surface area contributed by atoms with Gasteiger partial charge in [0, 0.05) is 44.4 Å². The van der Waals surface area contributed by atoms with Crippen LogP contribution in [0.2, 0.25) is 0 Å². The number of rotatable bonds is 3. The van der Waals surface area contributed by atoms with Gasteiger partial charge in [0.15, 0.2) is 0 Å². The topological polar surface area (TPSA) is 89.9 Å². The van der Waals surface area contributed by atoms with E-state index in [0.29, 0.717) is 12.2 Å². The zero-order valence-electron chi connectivity index (χ0n) is 13.6. The summed E-state index contributed by atoms with van der Waals surface area (Å²) in [5.74, 6) is -2.51. The Morgan fingerprint density at radius 2 is 1.62 bits per heavy atom. The summed E-state index contributed by atoms with van der Waals surface area (Å²) in [5.41, 5.74) is 3.16. The predicted molar refractivity (Wildman–Crippen MR) is 91.1 cm³/mol. The number of carboxylic acid groups (broad SMARTS) is 2. The molecule has 6 heteroatoms. The number of fused-ring (bicyclic) bond motifs is 1. The summed E-state index contributed by atoms with van der Waals surface area (Å²) >= 11 is 0. The van der Waals surface area contributed by atoms with Crippen LogP contribution in [0.5, 0.6) is 0 Å². The molecular formula is C18H24N2O4. The Balaban J connectivity index is 0.000000224. The second-order valence-corrected chi connectivity index (χ2v) is 5.96. The molecule has 1 aromatic carbocycles. The van der Waals surface area contributed by atoms with Crippen LogP contribution in [0.3, 0.4) is 0 Å². The highest BCUT2D eigenvalue weighted by Crippen LogP contribution is 2.24. The first-order valence-corrected chi connectivity index (χ1v) is 8.21. The standard InChI is InChI=1S/C14H20N2.C4H4O4/c1-2-4-13-11-14(6-5-12(13)3-1)16-9-7-15-8-10-16;5-3(6)1-2-4(7)8/h1-4,14-15H,5-11H2;1-2H,(H,5,6)(H,7,8). The van der Waals surface area contributed by atoms with Crippen LogP contribution in [-0.4, -0.2) is 59.3 Å². The lowest BCUT2D eigenvalue weighted by atomic mass is 9.87. The Morgan fingerprint density at radius 3 is 2.21 bits per heavy atom. The first-order valence-electron chi connectivity index (χ1n) is 8.21. The van der Waals surface area contributed by atoms with E-state index in [-0.39, 0.29) is 0 Å². The SMILES string of the molecule is O=C(O)C=CC(=O)O.c1ccc2c(c1)CCC(N1CCNCC1)C2. The van der Waals surface area contributed by atoms with Gasteiger partial charge in [-0.1, -0.05) is 24.3 Å². The molecule has 24 heavy (non-hydrogen) atoms. The van der Waals surface area contributed by atoms with Crippen molar-refractivity contribution in [3.8, 4) is 0 Å². The second kappa shape index (κ2) is 9.20. The molecule has 0 radical (unpaired) electrons. The predicted octanol–water partition coefficient (Wildman–Crippen LogP) is 1.16. The van der Waals surface area contributed by atoms with Gasteiger partial charge in [-0.05, 0) is 30.4 Å². The lowest BCUT2D eigenvalue weighted by Crippen LogP contribution is -2.50. The molecule has 0 saturated carbocycles. The normalized spacial score (nSPS) is 20.8. The number of nitrogens with one attached hydrogen (secondary N) is 1. The van der Waals surface area contributed by atoms with Crippen molar-refractivity contribution in [3.05, 3.63) is 47.5 Å². The minimum absolute atomic E-state index is 0.558. The third-order valence-corrected chi connectivity index (χ3v) is 4.36. The van der Waals surface area contributed by atoms with E-state index in [0.717, 1.165) is 19.1 Å². The van der Waals surface area contributed by atoms with Gasteiger partial charge >= 0.3 is 11.9 Å². The summed E-state index contributed by atoms with van der Waals surface area (Å²) in [6.07, 6.45) is 4.99. The van der Waals surface area contributed by atoms with Crippen LogP contribution in [0.1, 0.15) is 17.5 Å². The number of aryl methyl sites for hydroxylation is 1. The Hall–Kier alpha value is -2.18. The van der Waals surface area contributed by atoms with E-state index in [4.69, 9.17) is 10.2 Å². The van der Waals surface area contributed by atoms with E-state index in [1.54, 1.807) is 11.1 Å². The minimum Gasteiger partial charge on any atom is -0.478 e. The van der Waals surface area contributed by atoms with E-state index in [9.17, 15) is 9.59 Å². The third kappa shape index (κ3) is 5.79. The number of hydrogen-bond donors (Lipinski definition) is 3. The van der Waals surface area contributed by atoms with Crippen molar-refractivity contribution in [2.24, 2.45) is 0 Å². The molecule has 0 bridgehead atoms. The maximum Gasteiger partial charge on any atom is 0.328 e. The van der Waals surface area contributed by atoms with Crippen molar-refractivity contribution < 1.29 is 19.8 Å². The number of hydrogen-bond acceptors (Lipinski definition) is 4. The summed E-state index contributed by atoms with van der Waals surface area (Å²) in [7, 11) is 0. The summed E-state index contributed by atoms with van der Waals surface area (Å²) in [6, 6.07) is 9.74. The fraction of sp³-hybridized carbons (Fsp3) is 0.444. The number of nitrogens with zero attached hydrogens (tertiary/aromatic N) is 1. The molecule has 1 atom stereocenters. The highest BCUT2D eigenvalue weighted by molar-refractivity contribution is 5.89. The zero-order valence-corrected chi connectivity index (χ0v) is 13.6. The van der Waals surface area contributed by atoms with Crippen LogP contribution in [-0.2, 0) is 22.4 Å². The molecule has 1 aromatic rings. The average Bonchev–Trinajstić information content (AvgIpc) is 2.61. The molecule has 2 aliphatic rings. The van der Waals surface area contributed by atoms with E-state index < -0.39 is 11.9 Å². The van der Waals surface area contributed by atoms with E-state index in [1.807, 2.05) is 0 Å². The maximum atomic E-state index is 9.55. The van der Waals surface area contributed by atoms with E-state index >= 15 is 0 Å². The molecule has 1 unspecified atom stereocenters. The second-order valence-electron chi connectivity index (χ2n) is 5.96. The van der Waals surface area contributed by atoms with E-state index in [2.05, 4.69) is 34.5 Å². The lowest BCUT2D eigenvalue weighted by Gasteiger charge is -2.37. The summed E-state index contributed by atoms with van der Waals surface area (Å²) in [4.78, 5) is 21.8. The lowest BCUT2D eigenvalue weighted by molar-refractivity contribution is -0.134. The monoisotopic (exact) mass is 332 g/mol. The molecule has 3 N–H and O–H groups in total. The van der Waals surface area contributed by atoms with Crippen molar-refractivity contribution in [2.45, 2.75) is 25.3 Å². The number of aliphatic carboxylic acids is 2. The molecule has 3 rings (SSSR count). The van der Waals surface area contributed by atoms with Crippen molar-refractivity contribution in [3.63, 3.8) is 0 Å². The molecule has 1 aliphatic heterocycles. The highest BCUT2D eigenvalue weighted by atomic mass is 16.4. The average molecular weight is 332 g/mol. The molecule has 130 valence electrons. The quantitative estimate of drug-likeness (QED) is 0.720. The third-order valence-electron chi connectivity index (χ3n) is 4.36. The van der Waals surface area contributed by atoms with Gasteiger partial charge in [-0.2, -0.15) is 0 Å². The molecule has 1 saturated heterocycles. The van der Waals surface area contributed by atoms with Crippen molar-refractivity contribution in [1.29, 1.82) is 0 Å². The van der Waals surface area contributed by atoms with Crippen LogP contribution in [0, 0.1) is 0 Å².